The molecule has 1 fully saturated rings. The second kappa shape index (κ2) is 3.94. The molecule has 4 rings (SSSR count). The van der Waals surface area contributed by atoms with Gasteiger partial charge in [-0.1, -0.05) is 17.7 Å². The number of hydrogen-bond donors (Lipinski definition) is 0. The van der Waals surface area contributed by atoms with Gasteiger partial charge in [-0.15, -0.1) is 0 Å². The molecule has 1 nitrogen and oxygen atoms in total. The van der Waals surface area contributed by atoms with E-state index >= 15 is 0 Å². The first-order valence-corrected chi connectivity index (χ1v) is 7.45. The van der Waals surface area contributed by atoms with E-state index in [1.54, 1.807) is 11.1 Å². The van der Waals surface area contributed by atoms with Crippen molar-refractivity contribution in [1.29, 1.82) is 0 Å². The van der Waals surface area contributed by atoms with Gasteiger partial charge in [0.15, 0.2) is 5.78 Å². The maximum Gasteiger partial charge on any atom is 0.156 e. The van der Waals surface area contributed by atoms with Crippen molar-refractivity contribution < 1.29 is 4.79 Å². The Morgan fingerprint density at radius 1 is 1.06 bits per heavy atom. The van der Waals surface area contributed by atoms with Crippen molar-refractivity contribution in [3.8, 4) is 0 Å². The number of fused-ring (bicyclic) bond motifs is 4. The second-order valence-electron chi connectivity index (χ2n) is 6.32. The van der Waals surface area contributed by atoms with Crippen LogP contribution in [0.5, 0.6) is 0 Å². The van der Waals surface area contributed by atoms with Gasteiger partial charge >= 0.3 is 0 Å². The van der Waals surface area contributed by atoms with Gasteiger partial charge in [-0.05, 0) is 73.5 Å². The van der Waals surface area contributed by atoms with Gasteiger partial charge in [0.25, 0.3) is 0 Å². The lowest BCUT2D eigenvalue weighted by Crippen LogP contribution is -2.31. The highest BCUT2D eigenvalue weighted by molar-refractivity contribution is 5.93. The Kier molecular flexibility index (Phi) is 2.36. The van der Waals surface area contributed by atoms with Gasteiger partial charge < -0.3 is 0 Å². The first kappa shape index (κ1) is 10.8. The van der Waals surface area contributed by atoms with E-state index in [1.807, 2.05) is 6.08 Å². The molecule has 4 aliphatic carbocycles. The number of rotatable bonds is 0. The molecule has 0 aromatic rings. The molecule has 0 N–H and O–H groups in total. The van der Waals surface area contributed by atoms with Crippen LogP contribution in [-0.4, -0.2) is 5.78 Å². The summed E-state index contributed by atoms with van der Waals surface area (Å²) in [5.41, 5.74) is 4.73. The smallest absolute Gasteiger partial charge is 0.156 e. The zero-order valence-corrected chi connectivity index (χ0v) is 10.8. The molecular weight excluding hydrogens is 220 g/mol. The van der Waals surface area contributed by atoms with Crippen molar-refractivity contribution in [2.24, 2.45) is 17.8 Å². The summed E-state index contributed by atoms with van der Waals surface area (Å²) in [7, 11) is 0. The van der Waals surface area contributed by atoms with E-state index in [2.05, 4.69) is 12.2 Å². The standard InChI is InChI=1S/C17H20O/c18-13-6-9-15-12(10-13)5-8-16-14-3-1-2-11(14)4-7-17(15)16/h1-2,10-11,14,16H,3-9H2. The van der Waals surface area contributed by atoms with Crippen molar-refractivity contribution in [2.45, 2.75) is 44.9 Å². The fraction of sp³-hybridized carbons (Fsp3) is 0.588. The Morgan fingerprint density at radius 3 is 2.94 bits per heavy atom. The van der Waals surface area contributed by atoms with Crippen LogP contribution in [0.25, 0.3) is 0 Å². The second-order valence-corrected chi connectivity index (χ2v) is 6.32. The number of allylic oxidation sites excluding steroid dienone is 6. The van der Waals surface area contributed by atoms with Crippen LogP contribution < -0.4 is 0 Å². The third-order valence-corrected chi connectivity index (χ3v) is 5.51. The molecule has 0 radical (unpaired) electrons. The molecule has 0 bridgehead atoms. The summed E-state index contributed by atoms with van der Waals surface area (Å²) in [5.74, 6) is 2.93. The third kappa shape index (κ3) is 1.49. The Morgan fingerprint density at radius 2 is 2.00 bits per heavy atom. The molecule has 0 heterocycles. The summed E-state index contributed by atoms with van der Waals surface area (Å²) in [6, 6.07) is 0. The highest BCUT2D eigenvalue weighted by atomic mass is 16.1. The van der Waals surface area contributed by atoms with Crippen LogP contribution >= 0.6 is 0 Å². The van der Waals surface area contributed by atoms with Crippen LogP contribution in [0.4, 0.5) is 0 Å². The van der Waals surface area contributed by atoms with E-state index in [4.69, 9.17) is 0 Å². The Hall–Kier alpha value is -1.11. The van der Waals surface area contributed by atoms with E-state index in [-0.39, 0.29) is 0 Å². The molecule has 0 aromatic carbocycles. The first-order chi connectivity index (χ1) is 8.83. The SMILES string of the molecule is O=C1C=C2CCC3C(=C2CC1)CCC1C=CCC13. The van der Waals surface area contributed by atoms with Gasteiger partial charge in [-0.25, -0.2) is 0 Å². The molecule has 3 atom stereocenters. The lowest BCUT2D eigenvalue weighted by molar-refractivity contribution is -0.114. The van der Waals surface area contributed by atoms with Gasteiger partial charge in [-0.2, -0.15) is 0 Å². The molecule has 1 heteroatoms. The topological polar surface area (TPSA) is 17.1 Å². The maximum atomic E-state index is 11.6. The summed E-state index contributed by atoms with van der Waals surface area (Å²) >= 11 is 0. The molecule has 0 aromatic heterocycles. The van der Waals surface area contributed by atoms with E-state index in [0.29, 0.717) is 5.78 Å². The van der Waals surface area contributed by atoms with Crippen LogP contribution in [0, 0.1) is 17.8 Å². The normalized spacial score (nSPS) is 38.1. The molecule has 0 spiro atoms. The quantitative estimate of drug-likeness (QED) is 0.586. The van der Waals surface area contributed by atoms with Crippen molar-refractivity contribution in [1.82, 2.24) is 0 Å². The average Bonchev–Trinajstić information content (AvgIpc) is 2.86. The van der Waals surface area contributed by atoms with Gasteiger partial charge in [0.05, 0.1) is 0 Å². The van der Waals surface area contributed by atoms with E-state index in [1.165, 1.54) is 31.3 Å². The minimum Gasteiger partial charge on any atom is -0.295 e. The van der Waals surface area contributed by atoms with Crippen LogP contribution in [-0.2, 0) is 4.79 Å². The lowest BCUT2D eigenvalue weighted by Gasteiger charge is -2.42. The van der Waals surface area contributed by atoms with Crippen molar-refractivity contribution in [2.75, 3.05) is 0 Å². The Bertz CT molecular complexity index is 492. The zero-order chi connectivity index (χ0) is 12.1. The largest absolute Gasteiger partial charge is 0.295 e. The average molecular weight is 240 g/mol. The molecule has 0 aliphatic heterocycles. The van der Waals surface area contributed by atoms with Gasteiger partial charge in [0.1, 0.15) is 0 Å². The molecule has 4 aliphatic rings. The van der Waals surface area contributed by atoms with Crippen LogP contribution in [0.1, 0.15) is 44.9 Å². The summed E-state index contributed by atoms with van der Waals surface area (Å²) in [6.07, 6.45) is 15.0. The highest BCUT2D eigenvalue weighted by Crippen LogP contribution is 2.52. The summed E-state index contributed by atoms with van der Waals surface area (Å²) in [4.78, 5) is 11.6. The number of carbonyl (C=O) groups excluding carboxylic acids is 1. The molecular formula is C17H20O. The summed E-state index contributed by atoms with van der Waals surface area (Å²) < 4.78 is 0. The monoisotopic (exact) mass is 240 g/mol. The number of ketones is 1. The minimum atomic E-state index is 0.351. The van der Waals surface area contributed by atoms with Crippen molar-refractivity contribution >= 4 is 5.78 Å². The highest BCUT2D eigenvalue weighted by Gasteiger charge is 2.40. The Labute approximate surface area is 109 Å². The molecule has 0 amide bonds. The van der Waals surface area contributed by atoms with Crippen LogP contribution in [0.2, 0.25) is 0 Å². The fourth-order valence-electron chi connectivity index (χ4n) is 4.69. The van der Waals surface area contributed by atoms with Crippen molar-refractivity contribution in [3.05, 3.63) is 34.9 Å². The van der Waals surface area contributed by atoms with Gasteiger partial charge in [0.2, 0.25) is 0 Å². The molecule has 94 valence electrons. The van der Waals surface area contributed by atoms with E-state index in [9.17, 15) is 4.79 Å². The predicted molar refractivity (Wildman–Crippen MR) is 72.0 cm³/mol. The van der Waals surface area contributed by atoms with Crippen LogP contribution in [0.3, 0.4) is 0 Å². The van der Waals surface area contributed by atoms with Gasteiger partial charge in [-0.3, -0.25) is 4.79 Å². The molecule has 0 saturated heterocycles. The zero-order valence-electron chi connectivity index (χ0n) is 10.8. The number of hydrogen-bond acceptors (Lipinski definition) is 1. The molecule has 1 saturated carbocycles. The van der Waals surface area contributed by atoms with E-state index in [0.717, 1.165) is 37.0 Å². The number of carbonyl (C=O) groups is 1. The first-order valence-electron chi connectivity index (χ1n) is 7.45. The van der Waals surface area contributed by atoms with Gasteiger partial charge in [0, 0.05) is 6.42 Å². The Balaban J connectivity index is 1.74. The molecule has 18 heavy (non-hydrogen) atoms. The summed E-state index contributed by atoms with van der Waals surface area (Å²) in [5, 5.41) is 0. The fourth-order valence-corrected chi connectivity index (χ4v) is 4.69. The van der Waals surface area contributed by atoms with Crippen molar-refractivity contribution in [3.63, 3.8) is 0 Å². The lowest BCUT2D eigenvalue weighted by atomic mass is 9.63. The third-order valence-electron chi connectivity index (χ3n) is 5.51. The van der Waals surface area contributed by atoms with Crippen LogP contribution in [0.15, 0.2) is 34.9 Å². The van der Waals surface area contributed by atoms with E-state index < -0.39 is 0 Å². The maximum absolute atomic E-state index is 11.6. The summed E-state index contributed by atoms with van der Waals surface area (Å²) in [6.45, 7) is 0. The molecule has 3 unspecified atom stereocenters. The predicted octanol–water partition coefficient (Wildman–Crippen LogP) is 3.97. The minimum absolute atomic E-state index is 0.351.